The van der Waals surface area contributed by atoms with Crippen molar-refractivity contribution < 1.29 is 41.0 Å². The Morgan fingerprint density at radius 1 is 1.05 bits per heavy atom. The van der Waals surface area contributed by atoms with Crippen LogP contribution in [0.2, 0.25) is 0 Å². The zero-order valence-electron chi connectivity index (χ0n) is 10.3. The summed E-state index contributed by atoms with van der Waals surface area (Å²) in [7, 11) is 0. The maximum atomic E-state index is 12.3. The van der Waals surface area contributed by atoms with E-state index in [1.165, 1.54) is 30.3 Å². The van der Waals surface area contributed by atoms with Crippen molar-refractivity contribution >= 4 is 5.97 Å². The van der Waals surface area contributed by atoms with Crippen LogP contribution in [0.1, 0.15) is 11.5 Å². The molecule has 0 aliphatic heterocycles. The van der Waals surface area contributed by atoms with E-state index in [4.69, 9.17) is 5.11 Å². The topological polar surface area (TPSA) is 46.5 Å². The molecule has 1 atom stereocenters. The number of alkyl halides is 6. The minimum absolute atomic E-state index is 0.0492. The lowest BCUT2D eigenvalue weighted by molar-refractivity contribution is -0.322. The Morgan fingerprint density at radius 3 is 1.90 bits per heavy atom. The number of aliphatic carboxylic acids is 1. The van der Waals surface area contributed by atoms with Crippen molar-refractivity contribution in [3.8, 4) is 0 Å². The Kier molecular flexibility index (Phi) is 5.21. The molecule has 0 aromatic heterocycles. The fourth-order valence-corrected chi connectivity index (χ4v) is 1.56. The lowest BCUT2D eigenvalue weighted by Crippen LogP contribution is -2.45. The highest BCUT2D eigenvalue weighted by atomic mass is 19.4. The van der Waals surface area contributed by atoms with Gasteiger partial charge in [0.25, 0.3) is 0 Å². The Hall–Kier alpha value is -1.77. The third-order valence-electron chi connectivity index (χ3n) is 2.52. The summed E-state index contributed by atoms with van der Waals surface area (Å²) in [6, 6.07) is 6.90. The lowest BCUT2D eigenvalue weighted by Gasteiger charge is -2.24. The van der Waals surface area contributed by atoms with Gasteiger partial charge in [-0.3, -0.25) is 4.79 Å². The molecule has 0 aliphatic carbocycles. The monoisotopic (exact) mass is 316 g/mol. The van der Waals surface area contributed by atoms with E-state index < -0.39 is 37.0 Å². The van der Waals surface area contributed by atoms with Gasteiger partial charge in [-0.2, -0.15) is 26.3 Å². The lowest BCUT2D eigenvalue weighted by atomic mass is 10.0. The zero-order chi connectivity index (χ0) is 16.3. The number of carbonyl (C=O) groups is 1. The first-order valence-corrected chi connectivity index (χ1v) is 5.56. The molecule has 0 saturated heterocycles. The molecule has 0 fully saturated rings. The van der Waals surface area contributed by atoms with Crippen LogP contribution >= 0.6 is 0 Å². The van der Waals surface area contributed by atoms with Crippen LogP contribution in [0.5, 0.6) is 0 Å². The molecule has 0 radical (unpaired) electrons. The highest BCUT2D eigenvalue weighted by molar-refractivity contribution is 5.76. The van der Waals surface area contributed by atoms with E-state index in [1.807, 2.05) is 0 Å². The average Bonchev–Trinajstić information content (AvgIpc) is 2.32. The molecule has 3 nitrogen and oxygen atoms in total. The predicted octanol–water partition coefficient (Wildman–Crippen LogP) is 3.36. The van der Waals surface area contributed by atoms with E-state index in [1.54, 1.807) is 0 Å². The van der Waals surface area contributed by atoms with E-state index >= 15 is 0 Å². The number of hydrogen-bond acceptors (Lipinski definition) is 2. The van der Waals surface area contributed by atoms with Crippen LogP contribution < -0.4 is 0 Å². The van der Waals surface area contributed by atoms with Gasteiger partial charge in [0.05, 0.1) is 6.61 Å². The molecule has 21 heavy (non-hydrogen) atoms. The molecule has 1 rings (SSSR count). The Morgan fingerprint density at radius 2 is 1.52 bits per heavy atom. The van der Waals surface area contributed by atoms with E-state index in [0.717, 1.165) is 0 Å². The van der Waals surface area contributed by atoms with E-state index in [9.17, 15) is 31.1 Å². The standard InChI is InChI=1S/C12H10F6O3/c13-11(14,15)10(12(16,17)18)21-6-8(9(19)20)7-4-2-1-3-5-7/h1-5,8,10H,6H2,(H,19,20). The number of ether oxygens (including phenoxy) is 1. The van der Waals surface area contributed by atoms with Crippen molar-refractivity contribution in [2.45, 2.75) is 24.4 Å². The molecule has 1 aromatic rings. The molecule has 1 unspecified atom stereocenters. The first-order chi connectivity index (χ1) is 9.53. The van der Waals surface area contributed by atoms with Crippen molar-refractivity contribution in [2.24, 2.45) is 0 Å². The van der Waals surface area contributed by atoms with Crippen molar-refractivity contribution in [3.63, 3.8) is 0 Å². The third-order valence-corrected chi connectivity index (χ3v) is 2.52. The third kappa shape index (κ3) is 4.92. The fraction of sp³-hybridized carbons (Fsp3) is 0.417. The number of carboxylic acid groups (broad SMARTS) is 1. The second-order valence-corrected chi connectivity index (χ2v) is 4.10. The van der Waals surface area contributed by atoms with Crippen LogP contribution in [0.25, 0.3) is 0 Å². The van der Waals surface area contributed by atoms with Crippen LogP contribution in [0.4, 0.5) is 26.3 Å². The largest absolute Gasteiger partial charge is 0.481 e. The van der Waals surface area contributed by atoms with Gasteiger partial charge in [0.1, 0.15) is 5.92 Å². The number of halogens is 6. The number of hydrogen-bond donors (Lipinski definition) is 1. The highest BCUT2D eigenvalue weighted by Gasteiger charge is 2.58. The maximum Gasteiger partial charge on any atom is 0.423 e. The first-order valence-electron chi connectivity index (χ1n) is 5.56. The summed E-state index contributed by atoms with van der Waals surface area (Å²) in [5.74, 6) is -3.21. The minimum atomic E-state index is -5.67. The van der Waals surface area contributed by atoms with Gasteiger partial charge in [0, 0.05) is 0 Å². The van der Waals surface area contributed by atoms with Crippen molar-refractivity contribution in [3.05, 3.63) is 35.9 Å². The van der Waals surface area contributed by atoms with E-state index in [2.05, 4.69) is 4.74 Å². The van der Waals surface area contributed by atoms with Crippen LogP contribution in [0, 0.1) is 0 Å². The summed E-state index contributed by atoms with van der Waals surface area (Å²) in [4.78, 5) is 11.0. The highest BCUT2D eigenvalue weighted by Crippen LogP contribution is 2.36. The van der Waals surface area contributed by atoms with E-state index in [-0.39, 0.29) is 5.56 Å². The molecule has 0 spiro atoms. The SMILES string of the molecule is O=C(O)C(COC(C(F)(F)F)C(F)(F)F)c1ccccc1. The quantitative estimate of drug-likeness (QED) is 0.847. The number of rotatable bonds is 5. The molecule has 9 heteroatoms. The maximum absolute atomic E-state index is 12.3. The normalized spacial score (nSPS) is 14.2. The number of carboxylic acids is 1. The second kappa shape index (κ2) is 6.33. The summed E-state index contributed by atoms with van der Waals surface area (Å²) in [6.45, 7) is -1.25. The van der Waals surface area contributed by atoms with Crippen LogP contribution in [0.15, 0.2) is 30.3 Å². The summed E-state index contributed by atoms with van der Waals surface area (Å²) in [6.07, 6.45) is -15.4. The van der Waals surface area contributed by atoms with Crippen LogP contribution in [-0.4, -0.2) is 36.1 Å². The van der Waals surface area contributed by atoms with Crippen LogP contribution in [-0.2, 0) is 9.53 Å². The minimum Gasteiger partial charge on any atom is -0.481 e. The summed E-state index contributed by atoms with van der Waals surface area (Å²) in [5, 5.41) is 8.90. The van der Waals surface area contributed by atoms with Gasteiger partial charge in [0.15, 0.2) is 0 Å². The molecule has 0 amide bonds. The Labute approximate surface area is 115 Å². The summed E-state index contributed by atoms with van der Waals surface area (Å²) >= 11 is 0. The smallest absolute Gasteiger partial charge is 0.423 e. The van der Waals surface area contributed by atoms with Gasteiger partial charge in [-0.05, 0) is 5.56 Å². The molecule has 118 valence electrons. The first kappa shape index (κ1) is 17.3. The molecule has 1 aromatic carbocycles. The van der Waals surface area contributed by atoms with E-state index in [0.29, 0.717) is 0 Å². The molecule has 0 bridgehead atoms. The molecule has 1 N–H and O–H groups in total. The average molecular weight is 316 g/mol. The number of benzene rings is 1. The molecule has 0 aliphatic rings. The predicted molar refractivity (Wildman–Crippen MR) is 58.7 cm³/mol. The molecule has 0 heterocycles. The van der Waals surface area contributed by atoms with Gasteiger partial charge in [0.2, 0.25) is 6.10 Å². The summed E-state index contributed by atoms with van der Waals surface area (Å²) in [5.41, 5.74) is 0.0492. The Bertz CT molecular complexity index is 454. The van der Waals surface area contributed by atoms with Gasteiger partial charge >= 0.3 is 18.3 Å². The van der Waals surface area contributed by atoms with Gasteiger partial charge in [-0.1, -0.05) is 30.3 Å². The van der Waals surface area contributed by atoms with Crippen LogP contribution in [0.3, 0.4) is 0 Å². The molecule has 0 saturated carbocycles. The fourth-order valence-electron chi connectivity index (χ4n) is 1.56. The van der Waals surface area contributed by atoms with Crippen molar-refractivity contribution in [1.82, 2.24) is 0 Å². The summed E-state index contributed by atoms with van der Waals surface area (Å²) < 4.78 is 77.5. The molecular formula is C12H10F6O3. The second-order valence-electron chi connectivity index (χ2n) is 4.10. The van der Waals surface area contributed by atoms with Crippen molar-refractivity contribution in [1.29, 1.82) is 0 Å². The Balaban J connectivity index is 2.88. The zero-order valence-corrected chi connectivity index (χ0v) is 10.3. The van der Waals surface area contributed by atoms with Gasteiger partial charge in [-0.25, -0.2) is 0 Å². The van der Waals surface area contributed by atoms with Gasteiger partial charge < -0.3 is 9.84 Å². The van der Waals surface area contributed by atoms with Gasteiger partial charge in [-0.15, -0.1) is 0 Å². The molecular weight excluding hydrogens is 306 g/mol. The van der Waals surface area contributed by atoms with Crippen molar-refractivity contribution in [2.75, 3.05) is 6.61 Å².